The molecule has 0 aromatic heterocycles. The third-order valence-corrected chi connectivity index (χ3v) is 11.5. The van der Waals surface area contributed by atoms with Crippen LogP contribution in [-0.4, -0.2) is 312 Å². The number of carboxylic acid groups (broad SMARTS) is 4. The number of hydrogen-bond donors (Lipinski definition) is 9. The van der Waals surface area contributed by atoms with Crippen LogP contribution in [0.2, 0.25) is 0 Å². The summed E-state index contributed by atoms with van der Waals surface area (Å²) in [4.78, 5) is 105. The van der Waals surface area contributed by atoms with E-state index in [2.05, 4.69) is 71.4 Å². The fourth-order valence-electron chi connectivity index (χ4n) is 6.85. The van der Waals surface area contributed by atoms with Gasteiger partial charge in [0.2, 0.25) is 23.6 Å². The molecule has 0 fully saturated rings. The van der Waals surface area contributed by atoms with Crippen molar-refractivity contribution < 1.29 is 126 Å². The van der Waals surface area contributed by atoms with Gasteiger partial charge in [0.25, 0.3) is 0 Å². The lowest BCUT2D eigenvalue weighted by Gasteiger charge is -2.33. The van der Waals surface area contributed by atoms with Crippen LogP contribution in [0.3, 0.4) is 0 Å². The summed E-state index contributed by atoms with van der Waals surface area (Å²) in [6.07, 6.45) is -0.915. The maximum absolute atomic E-state index is 12.4. The first kappa shape index (κ1) is 96.9. The molecule has 0 atom stereocenters. The first-order valence-corrected chi connectivity index (χ1v) is 31.4. The third kappa shape index (κ3) is 77.3. The van der Waals surface area contributed by atoms with Crippen molar-refractivity contribution in [1.82, 2.24) is 21.3 Å². The number of rotatable bonds is 69. The van der Waals surface area contributed by atoms with Gasteiger partial charge in [0.1, 0.15) is 0 Å². The minimum Gasteiger partial charge on any atom is -0.481 e. The van der Waals surface area contributed by atoms with E-state index in [1.807, 2.05) is 0 Å². The van der Waals surface area contributed by atoms with Crippen LogP contribution in [0.4, 0.5) is 4.39 Å². The van der Waals surface area contributed by atoms with E-state index in [9.17, 15) is 42.7 Å². The summed E-state index contributed by atoms with van der Waals surface area (Å²) >= 11 is 0. The van der Waals surface area contributed by atoms with Crippen molar-refractivity contribution in [3.05, 3.63) is 52.2 Å². The van der Waals surface area contributed by atoms with E-state index in [0.717, 1.165) is 0 Å². The van der Waals surface area contributed by atoms with Crippen LogP contribution in [0.25, 0.3) is 52.2 Å². The number of amides is 4. The molecule has 0 heterocycles. The predicted octanol–water partition coefficient (Wildman–Crippen LogP) is 2.17. The van der Waals surface area contributed by atoms with E-state index >= 15 is 0 Å². The average Bonchev–Trinajstić information content (AvgIpc) is 0.877. The Kier molecular flexibility index (Phi) is 74.2. The number of aliphatic carboxylic acids is 4. The van der Waals surface area contributed by atoms with E-state index in [1.54, 1.807) is 0 Å². The minimum atomic E-state index is -1.05. The van der Waals surface area contributed by atoms with E-state index in [1.165, 1.54) is 0 Å². The number of carbonyl (C=O) groups is 8. The van der Waals surface area contributed by atoms with Gasteiger partial charge < -0.3 is 109 Å². The SMILES string of the molecule is O=C(O)CCOCC(COCCC(=O)O)(COCCC(=O)O)COCCC(=O)O.[2H]CF.[N-]=[N+]=NCCOCCN.[N-]=[N+]=NCCOCCNC(=O)CCOCC(COCCC(=O)NCCOCCN=[N+]=[N-])(COCCC(=O)NCCOCCN=[N+]=[N-])COCCC(=O)NCCOCCN=[N+]=[N-]. The van der Waals surface area contributed by atoms with Gasteiger partial charge in [-0.25, -0.2) is 0 Å². The molecule has 0 radical (unpaired) electrons. The molecule has 0 aliphatic rings. The molecule has 578 valence electrons. The van der Waals surface area contributed by atoms with Crippen LogP contribution in [0, 0.1) is 10.8 Å². The molecular weight excluding hydrogens is 1360 g/mol. The van der Waals surface area contributed by atoms with Crippen LogP contribution in [0.15, 0.2) is 25.6 Å². The van der Waals surface area contributed by atoms with Gasteiger partial charge in [-0.1, -0.05) is 25.6 Å². The van der Waals surface area contributed by atoms with Gasteiger partial charge in [0.05, 0.1) is 217 Å². The lowest BCUT2D eigenvalue weighted by molar-refractivity contribution is -0.142. The number of nitrogens with two attached hydrogens (primary N) is 1. The molecule has 101 heavy (non-hydrogen) atoms. The molecule has 10 N–H and O–H groups in total. The fraction of sp³-hybridized carbons (Fsp3) is 0.855. The molecule has 0 aromatic carbocycles. The molecule has 0 aromatic rings. The van der Waals surface area contributed by atoms with Gasteiger partial charge in [0, 0.05) is 116 Å². The van der Waals surface area contributed by atoms with Crippen molar-refractivity contribution >= 4 is 47.5 Å². The zero-order valence-electron chi connectivity index (χ0n) is 57.8. The Morgan fingerprint density at radius 1 is 0.337 bits per heavy atom. The largest absolute Gasteiger partial charge is 0.481 e. The highest BCUT2D eigenvalue weighted by molar-refractivity contribution is 5.77. The zero-order chi connectivity index (χ0) is 76.5. The molecule has 45 nitrogen and oxygen atoms in total. The number of halogens is 1. The van der Waals surface area contributed by atoms with E-state index < -0.39 is 41.9 Å². The van der Waals surface area contributed by atoms with Gasteiger partial charge >= 0.3 is 23.9 Å². The molecule has 0 unspecified atom stereocenters. The quantitative estimate of drug-likeness (QED) is 0.0182. The summed E-state index contributed by atoms with van der Waals surface area (Å²) in [5.41, 5.74) is 44.2. The third-order valence-electron chi connectivity index (χ3n) is 11.5. The Balaban J connectivity index is -0.000000957. The molecular formula is C55H101FN20O25. The van der Waals surface area contributed by atoms with Crippen molar-refractivity contribution in [2.75, 3.05) is 244 Å². The monoisotopic (exact) mass is 1460 g/mol. The summed E-state index contributed by atoms with van der Waals surface area (Å²) in [5, 5.41) is 62.3. The Hall–Kier alpha value is -8.32. The Morgan fingerprint density at radius 3 is 0.683 bits per heavy atom. The van der Waals surface area contributed by atoms with Crippen LogP contribution in [0.5, 0.6) is 0 Å². The Labute approximate surface area is 583 Å². The summed E-state index contributed by atoms with van der Waals surface area (Å²) in [6.45, 7) is 4.58. The normalized spacial score (nSPS) is 11.1. The molecule has 4 amide bonds. The standard InChI is InChI=1S/C33H60N16O12.C17H28O12.C4H10N4O.CH3F/c34-46-42-9-21-54-17-5-38-29(50)1-13-58-25-33(26-59-14-2-30(51)39-6-18-55-22-10-43-47-35,27-60-15-3-31(52)40-7-19-56-23-11-44-48-36)28-61-16-4-32(53)41-8-20-57-24-12-45-49-37;18-13(19)1-5-26-9-17(10-27-6-2-14(20)21,11-28-7-3-15(22)23)12-29-8-4-16(24)25;5-1-3-9-4-2-7-8-6;1-2/h1-28H2,(H,38,50)(H,39,51)(H,40,52)(H,41,53);1-12H2,(H,18,19)(H,20,21)(H,22,23)(H,24,25);1-5H2;1H3/i;;;1D. The van der Waals surface area contributed by atoms with E-state index in [0.29, 0.717) is 26.3 Å². The molecule has 0 saturated carbocycles. The summed E-state index contributed by atoms with van der Waals surface area (Å²) in [7, 11) is -1.00. The van der Waals surface area contributed by atoms with Crippen molar-refractivity contribution in [2.24, 2.45) is 42.1 Å². The van der Waals surface area contributed by atoms with Gasteiger partial charge in [0.15, 0.2) is 0 Å². The number of azide groups is 5. The zero-order valence-corrected chi connectivity index (χ0v) is 56.8. The molecule has 46 heteroatoms. The maximum atomic E-state index is 12.4. The highest BCUT2D eigenvalue weighted by Gasteiger charge is 2.34. The maximum Gasteiger partial charge on any atom is 0.305 e. The number of carbonyl (C=O) groups excluding carboxylic acids is 4. The van der Waals surface area contributed by atoms with Crippen molar-refractivity contribution in [3.8, 4) is 0 Å². The first-order valence-electron chi connectivity index (χ1n) is 32.1. The number of alkyl halides is 1. The number of nitrogens with zero attached hydrogens (tertiary/aromatic N) is 15. The van der Waals surface area contributed by atoms with Crippen LogP contribution < -0.4 is 27.0 Å². The lowest BCUT2D eigenvalue weighted by Crippen LogP contribution is -2.43. The summed E-state index contributed by atoms with van der Waals surface area (Å²) in [6, 6.07) is 0. The molecule has 0 spiro atoms. The highest BCUT2D eigenvalue weighted by atomic mass is 19.1. The summed E-state index contributed by atoms with van der Waals surface area (Å²) < 4.78 is 86.8. The van der Waals surface area contributed by atoms with Gasteiger partial charge in [-0.3, -0.25) is 42.7 Å². The second-order valence-corrected chi connectivity index (χ2v) is 20.0. The number of ether oxygens (including phenoxy) is 13. The van der Waals surface area contributed by atoms with Crippen LogP contribution in [-0.2, 0) is 99.9 Å². The van der Waals surface area contributed by atoms with Gasteiger partial charge in [-0.05, 0) is 27.7 Å². The number of hydrogen-bond acceptors (Lipinski definition) is 27. The molecule has 0 saturated heterocycles. The first-order chi connectivity index (χ1) is 49.3. The lowest BCUT2D eigenvalue weighted by atomic mass is 9.92. The van der Waals surface area contributed by atoms with Gasteiger partial charge in [-0.2, -0.15) is 0 Å². The topological polar surface area (TPSA) is 655 Å². The minimum absolute atomic E-state index is 0.0116. The van der Waals surface area contributed by atoms with Crippen LogP contribution >= 0.6 is 0 Å². The summed E-state index contributed by atoms with van der Waals surface area (Å²) in [5.74, 6) is -5.38. The second kappa shape index (κ2) is 77.4. The molecule has 0 aliphatic heterocycles. The van der Waals surface area contributed by atoms with Crippen molar-refractivity contribution in [1.29, 1.82) is 0 Å². The fourth-order valence-corrected chi connectivity index (χ4v) is 6.85. The number of carboxylic acids is 4. The molecule has 0 rings (SSSR count). The average molecular weight is 1460 g/mol. The Morgan fingerprint density at radius 2 is 0.515 bits per heavy atom. The van der Waals surface area contributed by atoms with E-state index in [-0.39, 0.29) is 286 Å². The number of nitrogens with one attached hydrogen (secondary N) is 4. The second-order valence-electron chi connectivity index (χ2n) is 20.0. The molecule has 0 bridgehead atoms. The highest BCUT2D eigenvalue weighted by Crippen LogP contribution is 2.23. The Bertz CT molecular complexity index is 2150. The van der Waals surface area contributed by atoms with Crippen LogP contribution in [0.1, 0.15) is 52.7 Å². The smallest absolute Gasteiger partial charge is 0.305 e. The van der Waals surface area contributed by atoms with Crippen molar-refractivity contribution in [2.45, 2.75) is 51.4 Å². The van der Waals surface area contributed by atoms with E-state index in [4.69, 9.17) is 117 Å². The van der Waals surface area contributed by atoms with Gasteiger partial charge in [-0.15, -0.1) is 0 Å². The van der Waals surface area contributed by atoms with Crippen molar-refractivity contribution in [3.63, 3.8) is 0 Å². The molecule has 0 aliphatic carbocycles. The predicted molar refractivity (Wildman–Crippen MR) is 351 cm³/mol.